The molecule has 1 saturated heterocycles. The first kappa shape index (κ1) is 27.5. The molecule has 0 bridgehead atoms. The van der Waals surface area contributed by atoms with Gasteiger partial charge in [0, 0.05) is 12.5 Å². The van der Waals surface area contributed by atoms with Gasteiger partial charge < -0.3 is 54.3 Å². The Bertz CT molecular complexity index is 1010. The van der Waals surface area contributed by atoms with Crippen LogP contribution in [0.15, 0.2) is 42.7 Å². The monoisotopic (exact) mass is 524 g/mol. The Morgan fingerprint density at radius 1 is 1.08 bits per heavy atom. The Morgan fingerprint density at radius 2 is 1.78 bits per heavy atom. The molecule has 0 unspecified atom stereocenters. The third-order valence-corrected chi connectivity index (χ3v) is 6.98. The minimum absolute atomic E-state index is 0.167. The number of hydrogen-bond acceptors (Lipinski definition) is 12. The maximum absolute atomic E-state index is 12.2. The number of esters is 1. The summed E-state index contributed by atoms with van der Waals surface area (Å²) in [6.45, 7) is 0.919. The Labute approximate surface area is 212 Å². The van der Waals surface area contributed by atoms with Crippen molar-refractivity contribution in [2.75, 3.05) is 13.7 Å². The van der Waals surface area contributed by atoms with E-state index >= 15 is 0 Å². The van der Waals surface area contributed by atoms with Gasteiger partial charge in [-0.3, -0.25) is 0 Å². The molecule has 0 radical (unpaired) electrons. The van der Waals surface area contributed by atoms with E-state index < -0.39 is 72.8 Å². The van der Waals surface area contributed by atoms with Gasteiger partial charge in [-0.1, -0.05) is 12.1 Å². The van der Waals surface area contributed by atoms with Gasteiger partial charge in [0.25, 0.3) is 0 Å². The first-order valence-electron chi connectivity index (χ1n) is 11.8. The van der Waals surface area contributed by atoms with Gasteiger partial charge in [-0.05, 0) is 36.8 Å². The van der Waals surface area contributed by atoms with Crippen molar-refractivity contribution in [1.29, 1.82) is 0 Å². The highest BCUT2D eigenvalue weighted by atomic mass is 16.8. The molecule has 0 aromatic heterocycles. The van der Waals surface area contributed by atoms with Crippen LogP contribution in [0.25, 0.3) is 6.08 Å². The number of aliphatic hydroxyl groups excluding tert-OH is 4. The molecule has 10 atom stereocenters. The summed E-state index contributed by atoms with van der Waals surface area (Å²) in [6.07, 6.45) is -5.83. The molecule has 1 aliphatic carbocycles. The lowest BCUT2D eigenvalue weighted by Crippen LogP contribution is -2.62. The highest BCUT2D eigenvalue weighted by Gasteiger charge is 2.64. The second-order valence-corrected chi connectivity index (χ2v) is 9.64. The fourth-order valence-corrected chi connectivity index (χ4v) is 4.92. The number of ether oxygens (including phenoxy) is 5. The Kier molecular flexibility index (Phi) is 7.93. The van der Waals surface area contributed by atoms with Crippen LogP contribution in [0.4, 0.5) is 0 Å². The van der Waals surface area contributed by atoms with Crippen molar-refractivity contribution in [3.8, 4) is 5.75 Å². The second kappa shape index (κ2) is 10.7. The fraction of sp³-hybridized carbons (Fsp3) is 0.560. The van der Waals surface area contributed by atoms with Gasteiger partial charge in [-0.2, -0.15) is 0 Å². The van der Waals surface area contributed by atoms with E-state index in [0.29, 0.717) is 11.3 Å². The summed E-state index contributed by atoms with van der Waals surface area (Å²) in [7, 11) is 1.54. The predicted molar refractivity (Wildman–Crippen MR) is 124 cm³/mol. The third-order valence-electron chi connectivity index (χ3n) is 6.98. The number of carbonyl (C=O) groups excluding carboxylic acids is 1. The first-order valence-corrected chi connectivity index (χ1v) is 11.8. The zero-order valence-electron chi connectivity index (χ0n) is 20.3. The van der Waals surface area contributed by atoms with Crippen molar-refractivity contribution in [2.24, 2.45) is 5.92 Å². The Hall–Kier alpha value is -2.55. The maximum Gasteiger partial charge on any atom is 0.330 e. The molecule has 204 valence electrons. The molecule has 2 fully saturated rings. The molecule has 0 amide bonds. The van der Waals surface area contributed by atoms with Gasteiger partial charge >= 0.3 is 5.97 Å². The van der Waals surface area contributed by atoms with Crippen molar-refractivity contribution < 1.29 is 59.1 Å². The predicted octanol–water partition coefficient (Wildman–Crippen LogP) is -1.19. The van der Waals surface area contributed by atoms with Crippen LogP contribution in [0.5, 0.6) is 5.75 Å². The number of carbonyl (C=O) groups is 1. The van der Waals surface area contributed by atoms with E-state index in [0.717, 1.165) is 6.26 Å². The number of benzene rings is 1. The van der Waals surface area contributed by atoms with Crippen molar-refractivity contribution in [3.63, 3.8) is 0 Å². The van der Waals surface area contributed by atoms with Crippen LogP contribution < -0.4 is 4.74 Å². The maximum atomic E-state index is 12.2. The van der Waals surface area contributed by atoms with Crippen molar-refractivity contribution >= 4 is 12.0 Å². The minimum Gasteiger partial charge on any atom is -0.497 e. The van der Waals surface area contributed by atoms with E-state index in [-0.39, 0.29) is 6.42 Å². The topological polar surface area (TPSA) is 185 Å². The lowest BCUT2D eigenvalue weighted by Gasteiger charge is -2.45. The molecule has 1 aromatic rings. The van der Waals surface area contributed by atoms with Gasteiger partial charge in [-0.25, -0.2) is 4.79 Å². The second-order valence-electron chi connectivity index (χ2n) is 9.64. The lowest BCUT2D eigenvalue weighted by atomic mass is 9.81. The number of aliphatic hydroxyl groups is 6. The molecule has 2 heterocycles. The fourth-order valence-electron chi connectivity index (χ4n) is 4.92. The summed E-state index contributed by atoms with van der Waals surface area (Å²) in [5.41, 5.74) is -2.75. The smallest absolute Gasteiger partial charge is 0.330 e. The summed E-state index contributed by atoms with van der Waals surface area (Å²) in [5.74, 6) is -1.25. The summed E-state index contributed by atoms with van der Waals surface area (Å²) < 4.78 is 26.9. The van der Waals surface area contributed by atoms with Crippen LogP contribution >= 0.6 is 0 Å². The molecule has 12 nitrogen and oxygen atoms in total. The lowest BCUT2D eigenvalue weighted by molar-refractivity contribution is -0.351. The Morgan fingerprint density at radius 3 is 2.46 bits per heavy atom. The van der Waals surface area contributed by atoms with Crippen molar-refractivity contribution in [2.45, 2.75) is 67.6 Å². The van der Waals surface area contributed by atoms with E-state index in [2.05, 4.69) is 0 Å². The van der Waals surface area contributed by atoms with E-state index in [1.54, 1.807) is 24.3 Å². The van der Waals surface area contributed by atoms with Gasteiger partial charge in [0.1, 0.15) is 42.4 Å². The zero-order valence-corrected chi connectivity index (χ0v) is 20.3. The SMILES string of the molecule is COc1ccc(C=CC(=O)OC[C@H]2O[C@@H](O[C@H]3OC=C[C@@]4(O)[C@@H]3[C@](C)(O)C[C@@H]4O)[C@H](O)[C@@H](O)[C@@H]2O)cc1. The van der Waals surface area contributed by atoms with Gasteiger partial charge in [0.05, 0.1) is 31.0 Å². The quantitative estimate of drug-likeness (QED) is 0.185. The average molecular weight is 525 g/mol. The normalized spacial score (nSPS) is 41.3. The standard InChI is InChI=1S/C25H32O12/c1-24(31)11-16(26)25(32)9-10-34-23(21(24)25)37-22-20(30)19(29)18(28)15(36-22)12-35-17(27)8-5-13-3-6-14(33-2)7-4-13/h3-10,15-16,18-23,26,28-32H,11-12H2,1-2H3/t15-,16+,18-,19+,20-,21+,22+,23-,24-,25+/m1/s1. The summed E-state index contributed by atoms with van der Waals surface area (Å²) >= 11 is 0. The van der Waals surface area contributed by atoms with E-state index in [1.165, 1.54) is 32.3 Å². The van der Waals surface area contributed by atoms with Crippen LogP contribution in [0.2, 0.25) is 0 Å². The number of methoxy groups -OCH3 is 1. The molecule has 2 aliphatic heterocycles. The molecule has 3 aliphatic rings. The third kappa shape index (κ3) is 5.52. The number of fused-ring (bicyclic) bond motifs is 1. The van der Waals surface area contributed by atoms with E-state index in [9.17, 15) is 35.4 Å². The van der Waals surface area contributed by atoms with Gasteiger partial charge in [0.15, 0.2) is 6.29 Å². The largest absolute Gasteiger partial charge is 0.497 e. The molecule has 1 aromatic carbocycles. The zero-order chi connectivity index (χ0) is 27.0. The van der Waals surface area contributed by atoms with Crippen LogP contribution in [0, 0.1) is 5.92 Å². The molecular weight excluding hydrogens is 492 g/mol. The first-order chi connectivity index (χ1) is 17.5. The summed E-state index contributed by atoms with van der Waals surface area (Å²) in [6, 6.07) is 6.92. The average Bonchev–Trinajstić information content (AvgIpc) is 3.06. The van der Waals surface area contributed by atoms with Crippen molar-refractivity contribution in [3.05, 3.63) is 48.2 Å². The van der Waals surface area contributed by atoms with E-state index in [1.807, 2.05) is 0 Å². The van der Waals surface area contributed by atoms with Gasteiger partial charge in [-0.15, -0.1) is 0 Å². The van der Waals surface area contributed by atoms with Crippen LogP contribution in [-0.2, 0) is 23.7 Å². The van der Waals surface area contributed by atoms with Crippen LogP contribution in [0.3, 0.4) is 0 Å². The highest BCUT2D eigenvalue weighted by molar-refractivity contribution is 5.87. The summed E-state index contributed by atoms with van der Waals surface area (Å²) in [5, 5.41) is 63.1. The number of rotatable bonds is 7. The molecular formula is C25H32O12. The minimum atomic E-state index is -1.87. The molecule has 0 spiro atoms. The van der Waals surface area contributed by atoms with Gasteiger partial charge in [0.2, 0.25) is 6.29 Å². The van der Waals surface area contributed by atoms with Crippen LogP contribution in [-0.4, -0.2) is 105 Å². The highest BCUT2D eigenvalue weighted by Crippen LogP contribution is 2.49. The van der Waals surface area contributed by atoms with E-state index in [4.69, 9.17) is 23.7 Å². The molecule has 12 heteroatoms. The molecule has 37 heavy (non-hydrogen) atoms. The van der Waals surface area contributed by atoms with Crippen molar-refractivity contribution in [1.82, 2.24) is 0 Å². The Balaban J connectivity index is 1.39. The molecule has 4 rings (SSSR count). The molecule has 6 N–H and O–H groups in total. The molecule has 1 saturated carbocycles. The summed E-state index contributed by atoms with van der Waals surface area (Å²) in [4.78, 5) is 12.2. The number of hydrogen-bond donors (Lipinski definition) is 6. The van der Waals surface area contributed by atoms with Crippen LogP contribution in [0.1, 0.15) is 18.9 Å².